The zero-order valence-electron chi connectivity index (χ0n) is 14.6. The van der Waals surface area contributed by atoms with E-state index in [1.807, 2.05) is 24.3 Å². The van der Waals surface area contributed by atoms with Crippen LogP contribution < -0.4 is 15.5 Å². The molecule has 25 heavy (non-hydrogen) atoms. The Balaban J connectivity index is 1.45. The Morgan fingerprint density at radius 3 is 2.20 bits per heavy atom. The number of benzene rings is 1. The van der Waals surface area contributed by atoms with Crippen molar-refractivity contribution in [3.8, 4) is 0 Å². The van der Waals surface area contributed by atoms with E-state index in [2.05, 4.69) is 17.6 Å². The molecule has 1 atom stereocenters. The van der Waals surface area contributed by atoms with Gasteiger partial charge in [-0.25, -0.2) is 0 Å². The molecule has 2 fully saturated rings. The first-order chi connectivity index (χ1) is 12.1. The third-order valence-electron chi connectivity index (χ3n) is 4.82. The standard InChI is InChI=1S/C19H25N3O3/c1-2-13-3-7-16(8-4-13)22-12-15(11-17(22)23)19(25)21-10-9-20-18(24)14-5-6-14/h3-4,7-8,14-15H,2,5-6,9-12H2,1H3,(H,20,24)(H,21,25). The predicted molar refractivity (Wildman–Crippen MR) is 95.0 cm³/mol. The van der Waals surface area contributed by atoms with Gasteiger partial charge in [0.05, 0.1) is 5.92 Å². The summed E-state index contributed by atoms with van der Waals surface area (Å²) in [6, 6.07) is 7.89. The van der Waals surface area contributed by atoms with E-state index in [-0.39, 0.29) is 36.0 Å². The highest BCUT2D eigenvalue weighted by Gasteiger charge is 2.35. The lowest BCUT2D eigenvalue weighted by Crippen LogP contribution is -2.38. The molecule has 1 saturated carbocycles. The second-order valence-corrected chi connectivity index (χ2v) is 6.78. The topological polar surface area (TPSA) is 78.5 Å². The van der Waals surface area contributed by atoms with Crippen molar-refractivity contribution < 1.29 is 14.4 Å². The van der Waals surface area contributed by atoms with Crippen molar-refractivity contribution in [2.45, 2.75) is 32.6 Å². The molecule has 0 aromatic heterocycles. The molecule has 1 unspecified atom stereocenters. The number of hydrogen-bond donors (Lipinski definition) is 2. The molecule has 1 aliphatic carbocycles. The van der Waals surface area contributed by atoms with Gasteiger partial charge in [-0.2, -0.15) is 0 Å². The summed E-state index contributed by atoms with van der Waals surface area (Å²) < 4.78 is 0. The Morgan fingerprint density at radius 1 is 1.04 bits per heavy atom. The van der Waals surface area contributed by atoms with E-state index >= 15 is 0 Å². The number of amides is 3. The average molecular weight is 343 g/mol. The van der Waals surface area contributed by atoms with Crippen molar-refractivity contribution in [1.82, 2.24) is 10.6 Å². The lowest BCUT2D eigenvalue weighted by molar-refractivity contribution is -0.126. The van der Waals surface area contributed by atoms with E-state index < -0.39 is 0 Å². The third kappa shape index (κ3) is 4.38. The van der Waals surface area contributed by atoms with Gasteiger partial charge in [0, 0.05) is 37.7 Å². The SMILES string of the molecule is CCc1ccc(N2CC(C(=O)NCCNC(=O)C3CC3)CC2=O)cc1. The zero-order valence-corrected chi connectivity index (χ0v) is 14.6. The fourth-order valence-corrected chi connectivity index (χ4v) is 3.05. The van der Waals surface area contributed by atoms with Crippen LogP contribution in [0, 0.1) is 11.8 Å². The molecule has 0 spiro atoms. The summed E-state index contributed by atoms with van der Waals surface area (Å²) in [5, 5.41) is 5.63. The molecular formula is C19H25N3O3. The van der Waals surface area contributed by atoms with E-state index in [1.54, 1.807) is 4.90 Å². The third-order valence-corrected chi connectivity index (χ3v) is 4.82. The van der Waals surface area contributed by atoms with Gasteiger partial charge in [-0.15, -0.1) is 0 Å². The Morgan fingerprint density at radius 2 is 1.64 bits per heavy atom. The van der Waals surface area contributed by atoms with E-state index in [0.29, 0.717) is 19.6 Å². The Kier molecular flexibility index (Phi) is 5.36. The molecule has 0 radical (unpaired) electrons. The van der Waals surface area contributed by atoms with E-state index in [0.717, 1.165) is 24.9 Å². The maximum Gasteiger partial charge on any atom is 0.227 e. The minimum Gasteiger partial charge on any atom is -0.354 e. The van der Waals surface area contributed by atoms with E-state index in [4.69, 9.17) is 0 Å². The molecule has 1 heterocycles. The van der Waals surface area contributed by atoms with Crippen LogP contribution >= 0.6 is 0 Å². The number of anilines is 1. The quantitative estimate of drug-likeness (QED) is 0.731. The normalized spacial score (nSPS) is 19.8. The average Bonchev–Trinajstić information content (AvgIpc) is 3.41. The van der Waals surface area contributed by atoms with Crippen molar-refractivity contribution in [1.29, 1.82) is 0 Å². The van der Waals surface area contributed by atoms with Crippen LogP contribution in [0.15, 0.2) is 24.3 Å². The first-order valence-corrected chi connectivity index (χ1v) is 9.03. The zero-order chi connectivity index (χ0) is 17.8. The summed E-state index contributed by atoms with van der Waals surface area (Å²) in [4.78, 5) is 37.7. The molecule has 1 aliphatic heterocycles. The van der Waals surface area contributed by atoms with Crippen LogP contribution in [0.2, 0.25) is 0 Å². The Labute approximate surface area is 148 Å². The second-order valence-electron chi connectivity index (χ2n) is 6.78. The number of nitrogens with zero attached hydrogens (tertiary/aromatic N) is 1. The summed E-state index contributed by atoms with van der Waals surface area (Å²) in [7, 11) is 0. The van der Waals surface area contributed by atoms with Crippen LogP contribution in [0.3, 0.4) is 0 Å². The summed E-state index contributed by atoms with van der Waals surface area (Å²) >= 11 is 0. The van der Waals surface area contributed by atoms with Gasteiger partial charge in [-0.05, 0) is 37.0 Å². The first-order valence-electron chi connectivity index (χ1n) is 9.03. The molecule has 3 rings (SSSR count). The Hall–Kier alpha value is -2.37. The number of rotatable bonds is 7. The van der Waals surface area contributed by atoms with Crippen molar-refractivity contribution in [3.63, 3.8) is 0 Å². The van der Waals surface area contributed by atoms with Gasteiger partial charge in [0.25, 0.3) is 0 Å². The molecule has 2 N–H and O–H groups in total. The van der Waals surface area contributed by atoms with Crippen LogP contribution in [0.1, 0.15) is 31.7 Å². The molecule has 0 bridgehead atoms. The van der Waals surface area contributed by atoms with Gasteiger partial charge in [-0.1, -0.05) is 19.1 Å². The van der Waals surface area contributed by atoms with Crippen LogP contribution in [0.5, 0.6) is 0 Å². The van der Waals surface area contributed by atoms with Crippen molar-refractivity contribution in [2.75, 3.05) is 24.5 Å². The number of nitrogens with one attached hydrogen (secondary N) is 2. The van der Waals surface area contributed by atoms with Gasteiger partial charge >= 0.3 is 0 Å². The largest absolute Gasteiger partial charge is 0.354 e. The maximum atomic E-state index is 12.3. The smallest absolute Gasteiger partial charge is 0.227 e. The Bertz CT molecular complexity index is 652. The van der Waals surface area contributed by atoms with Gasteiger partial charge in [0.1, 0.15) is 0 Å². The van der Waals surface area contributed by atoms with E-state index in [1.165, 1.54) is 5.56 Å². The summed E-state index contributed by atoms with van der Waals surface area (Å²) in [5.74, 6) is -0.228. The molecule has 1 saturated heterocycles. The molecule has 3 amide bonds. The van der Waals surface area contributed by atoms with Crippen LogP contribution in [0.25, 0.3) is 0 Å². The number of hydrogen-bond acceptors (Lipinski definition) is 3. The van der Waals surface area contributed by atoms with Crippen molar-refractivity contribution >= 4 is 23.4 Å². The minimum atomic E-state index is -0.336. The summed E-state index contributed by atoms with van der Waals surface area (Å²) in [5.41, 5.74) is 2.06. The minimum absolute atomic E-state index is 0.0218. The number of carbonyl (C=O) groups is 3. The second kappa shape index (κ2) is 7.68. The summed E-state index contributed by atoms with van der Waals surface area (Å²) in [6.07, 6.45) is 3.13. The fourth-order valence-electron chi connectivity index (χ4n) is 3.05. The van der Waals surface area contributed by atoms with Gasteiger partial charge in [0.2, 0.25) is 17.7 Å². The highest BCUT2D eigenvalue weighted by atomic mass is 16.2. The molecule has 2 aliphatic rings. The van der Waals surface area contributed by atoms with Crippen LogP contribution in [-0.2, 0) is 20.8 Å². The lowest BCUT2D eigenvalue weighted by Gasteiger charge is -2.17. The molecule has 6 heteroatoms. The maximum absolute atomic E-state index is 12.3. The molecular weight excluding hydrogens is 318 g/mol. The first kappa shape index (κ1) is 17.5. The molecule has 1 aromatic rings. The van der Waals surface area contributed by atoms with Crippen molar-refractivity contribution in [2.24, 2.45) is 11.8 Å². The van der Waals surface area contributed by atoms with Crippen molar-refractivity contribution in [3.05, 3.63) is 29.8 Å². The van der Waals surface area contributed by atoms with E-state index in [9.17, 15) is 14.4 Å². The lowest BCUT2D eigenvalue weighted by atomic mass is 10.1. The van der Waals surface area contributed by atoms with Gasteiger partial charge < -0.3 is 15.5 Å². The predicted octanol–water partition coefficient (Wildman–Crippen LogP) is 1.24. The van der Waals surface area contributed by atoms with Crippen LogP contribution in [-0.4, -0.2) is 37.4 Å². The highest BCUT2D eigenvalue weighted by molar-refractivity contribution is 6.00. The number of carbonyl (C=O) groups excluding carboxylic acids is 3. The van der Waals surface area contributed by atoms with Gasteiger partial charge in [-0.3, -0.25) is 14.4 Å². The fraction of sp³-hybridized carbons (Fsp3) is 0.526. The number of aryl methyl sites for hydroxylation is 1. The summed E-state index contributed by atoms with van der Waals surface area (Å²) in [6.45, 7) is 3.32. The van der Waals surface area contributed by atoms with Crippen LogP contribution in [0.4, 0.5) is 5.69 Å². The molecule has 6 nitrogen and oxygen atoms in total. The van der Waals surface area contributed by atoms with Gasteiger partial charge in [0.15, 0.2) is 0 Å². The monoisotopic (exact) mass is 343 g/mol. The molecule has 134 valence electrons. The molecule has 1 aromatic carbocycles. The highest BCUT2D eigenvalue weighted by Crippen LogP contribution is 2.28.